The number of carboxylic acids is 2. The van der Waals surface area contributed by atoms with Gasteiger partial charge in [-0.1, -0.05) is 123 Å². The first-order valence-corrected chi connectivity index (χ1v) is 22.7. The predicted molar refractivity (Wildman–Crippen MR) is 263 cm³/mol. The maximum atomic E-state index is 12.7. The van der Waals surface area contributed by atoms with Crippen molar-refractivity contribution in [2.75, 3.05) is 20.8 Å². The predicted octanol–water partition coefficient (Wildman–Crippen LogP) is 10.9. The molecule has 0 fully saturated rings. The first-order chi connectivity index (χ1) is 32.6. The third kappa shape index (κ3) is 12.8. The standard InChI is InChI=1S/C33H31NO5.C23H29NO5/c1-3-22-19-24(38-2)16-17-25(22)23-14-12-21(13-15-23)18-31(32(35)36)34-33(37)39-20-30-28-10-6-4-8-26(28)27-9-5-7-11-29(27)30;1-6-16-14-18(28-5)11-12-19(16)17-9-7-15(8-10-17)13-20(21(25)26)24-22(27)29-23(2,3)4/h4-17,19,30-31H,3,18,20H2,1-2H3,(H,34,37)(H,35,36);7-12,14,20H,6,13H2,1-5H3,(H,24,27)(H,25,26)/t31-;20-/m00/s1. The van der Waals surface area contributed by atoms with Crippen molar-refractivity contribution in [1.82, 2.24) is 10.6 Å². The molecular formula is C56H60N2O10. The van der Waals surface area contributed by atoms with E-state index in [4.69, 9.17) is 18.9 Å². The Labute approximate surface area is 398 Å². The van der Waals surface area contributed by atoms with Gasteiger partial charge >= 0.3 is 24.1 Å². The van der Waals surface area contributed by atoms with Gasteiger partial charge in [0.25, 0.3) is 0 Å². The smallest absolute Gasteiger partial charge is 0.408 e. The Morgan fingerprint density at radius 3 is 1.35 bits per heavy atom. The van der Waals surface area contributed by atoms with Gasteiger partial charge in [0.1, 0.15) is 35.8 Å². The molecule has 0 spiro atoms. The molecule has 354 valence electrons. The van der Waals surface area contributed by atoms with Crippen LogP contribution in [0.4, 0.5) is 9.59 Å². The Morgan fingerprint density at radius 2 is 0.971 bits per heavy atom. The number of carbonyl (C=O) groups is 4. The minimum Gasteiger partial charge on any atom is -0.497 e. The van der Waals surface area contributed by atoms with Crippen LogP contribution in [0.2, 0.25) is 0 Å². The molecule has 2 atom stereocenters. The van der Waals surface area contributed by atoms with E-state index >= 15 is 0 Å². The third-order valence-electron chi connectivity index (χ3n) is 11.7. The first kappa shape index (κ1) is 49.8. The van der Waals surface area contributed by atoms with Gasteiger partial charge in [-0.3, -0.25) is 0 Å². The Morgan fingerprint density at radius 1 is 0.559 bits per heavy atom. The number of hydrogen-bond donors (Lipinski definition) is 4. The van der Waals surface area contributed by atoms with Crippen molar-refractivity contribution in [2.45, 2.75) is 83.9 Å². The lowest BCUT2D eigenvalue weighted by atomic mass is 9.96. The van der Waals surface area contributed by atoms with Gasteiger partial charge in [-0.2, -0.15) is 0 Å². The molecule has 12 heteroatoms. The molecule has 0 bridgehead atoms. The summed E-state index contributed by atoms with van der Waals surface area (Å²) in [7, 11) is 3.30. The summed E-state index contributed by atoms with van der Waals surface area (Å²) >= 11 is 0. The van der Waals surface area contributed by atoms with Crippen LogP contribution in [0.15, 0.2) is 133 Å². The quantitative estimate of drug-likeness (QED) is 0.0733. The van der Waals surface area contributed by atoms with Crippen molar-refractivity contribution in [2.24, 2.45) is 0 Å². The fourth-order valence-electron chi connectivity index (χ4n) is 8.29. The number of ether oxygens (including phenoxy) is 4. The van der Waals surface area contributed by atoms with Crippen molar-refractivity contribution >= 4 is 24.1 Å². The molecule has 0 unspecified atom stereocenters. The molecule has 1 aliphatic carbocycles. The molecule has 7 rings (SSSR count). The van der Waals surface area contributed by atoms with Crippen molar-refractivity contribution < 1.29 is 48.3 Å². The average molecular weight is 921 g/mol. The lowest BCUT2D eigenvalue weighted by Gasteiger charge is -2.22. The molecule has 4 N–H and O–H groups in total. The summed E-state index contributed by atoms with van der Waals surface area (Å²) in [6.45, 7) is 9.49. The third-order valence-corrected chi connectivity index (χ3v) is 11.7. The molecule has 0 heterocycles. The highest BCUT2D eigenvalue weighted by atomic mass is 16.6. The van der Waals surface area contributed by atoms with Crippen LogP contribution < -0.4 is 20.1 Å². The number of methoxy groups -OCH3 is 2. The van der Waals surface area contributed by atoms with E-state index in [-0.39, 0.29) is 25.4 Å². The molecule has 0 saturated heterocycles. The second-order valence-corrected chi connectivity index (χ2v) is 17.5. The number of carbonyl (C=O) groups excluding carboxylic acids is 2. The summed E-state index contributed by atoms with van der Waals surface area (Å²) in [6.07, 6.45) is 0.550. The van der Waals surface area contributed by atoms with E-state index in [1.807, 2.05) is 121 Å². The van der Waals surface area contributed by atoms with E-state index in [0.717, 1.165) is 80.0 Å². The zero-order valence-electron chi connectivity index (χ0n) is 39.6. The molecule has 2 amide bonds. The second-order valence-electron chi connectivity index (χ2n) is 17.5. The maximum Gasteiger partial charge on any atom is 0.408 e. The van der Waals surface area contributed by atoms with Crippen LogP contribution in [0.25, 0.3) is 33.4 Å². The SMILES string of the molecule is CCc1cc(OC)ccc1-c1ccc(C[C@H](NC(=O)OC(C)(C)C)C(=O)O)cc1.CCc1cc(OC)ccc1-c1ccc(C[C@H](NC(=O)OCC2c3ccccc3-c3ccccc32)C(=O)O)cc1. The average Bonchev–Trinajstić information content (AvgIpc) is 3.65. The molecule has 0 saturated carbocycles. The van der Waals surface area contributed by atoms with Gasteiger partial charge in [0.15, 0.2) is 0 Å². The van der Waals surface area contributed by atoms with Crippen LogP contribution in [0.5, 0.6) is 11.5 Å². The molecule has 0 radical (unpaired) electrons. The van der Waals surface area contributed by atoms with Crippen molar-refractivity contribution in [3.05, 3.63) is 167 Å². The van der Waals surface area contributed by atoms with Gasteiger partial charge in [-0.05, 0) is 125 Å². The van der Waals surface area contributed by atoms with E-state index in [1.54, 1.807) is 35.0 Å². The van der Waals surface area contributed by atoms with Crippen LogP contribution in [-0.2, 0) is 44.7 Å². The lowest BCUT2D eigenvalue weighted by Crippen LogP contribution is -2.44. The molecule has 0 aromatic heterocycles. The van der Waals surface area contributed by atoms with Crippen LogP contribution in [-0.4, -0.2) is 72.8 Å². The summed E-state index contributed by atoms with van der Waals surface area (Å²) in [6, 6.07) is 41.4. The van der Waals surface area contributed by atoms with Gasteiger partial charge in [0.05, 0.1) is 14.2 Å². The van der Waals surface area contributed by atoms with Crippen LogP contribution >= 0.6 is 0 Å². The number of alkyl carbamates (subject to hydrolysis) is 2. The number of amides is 2. The number of hydrogen-bond acceptors (Lipinski definition) is 8. The van der Waals surface area contributed by atoms with Crippen molar-refractivity contribution in [1.29, 1.82) is 0 Å². The zero-order valence-corrected chi connectivity index (χ0v) is 39.6. The summed E-state index contributed by atoms with van der Waals surface area (Å²) < 4.78 is 21.3. The van der Waals surface area contributed by atoms with E-state index in [9.17, 15) is 29.4 Å². The highest BCUT2D eigenvalue weighted by molar-refractivity contribution is 5.82. The Hall–Kier alpha value is -7.60. The molecule has 68 heavy (non-hydrogen) atoms. The summed E-state index contributed by atoms with van der Waals surface area (Å²) in [5.41, 5.74) is 12.0. The molecule has 1 aliphatic rings. The Bertz CT molecular complexity index is 2660. The fourth-order valence-corrected chi connectivity index (χ4v) is 8.29. The molecule has 12 nitrogen and oxygen atoms in total. The van der Waals surface area contributed by atoms with E-state index in [2.05, 4.69) is 36.6 Å². The minimum absolute atomic E-state index is 0.0926. The van der Waals surface area contributed by atoms with E-state index < -0.39 is 41.8 Å². The van der Waals surface area contributed by atoms with Gasteiger partial charge in [-0.25, -0.2) is 19.2 Å². The summed E-state index contributed by atoms with van der Waals surface area (Å²) in [5, 5.41) is 24.2. The largest absolute Gasteiger partial charge is 0.497 e. The summed E-state index contributed by atoms with van der Waals surface area (Å²) in [4.78, 5) is 48.1. The van der Waals surface area contributed by atoms with Gasteiger partial charge < -0.3 is 39.8 Å². The first-order valence-electron chi connectivity index (χ1n) is 22.7. The number of aryl methyl sites for hydroxylation is 2. The number of rotatable bonds is 16. The van der Waals surface area contributed by atoms with E-state index in [0.29, 0.717) is 0 Å². The lowest BCUT2D eigenvalue weighted by molar-refractivity contribution is -0.140. The minimum atomic E-state index is -1.11. The zero-order chi connectivity index (χ0) is 49.0. The fraction of sp³-hybridized carbons (Fsp3) is 0.286. The maximum absolute atomic E-state index is 12.7. The molecule has 0 aliphatic heterocycles. The van der Waals surface area contributed by atoms with Gasteiger partial charge in [0, 0.05) is 18.8 Å². The number of fused-ring (bicyclic) bond motifs is 3. The molecule has 6 aromatic rings. The second kappa shape index (κ2) is 22.7. The van der Waals surface area contributed by atoms with Crippen LogP contribution in [0.1, 0.15) is 73.9 Å². The normalized spacial score (nSPS) is 12.5. The van der Waals surface area contributed by atoms with Gasteiger partial charge in [0.2, 0.25) is 0 Å². The van der Waals surface area contributed by atoms with Crippen LogP contribution in [0.3, 0.4) is 0 Å². The monoisotopic (exact) mass is 920 g/mol. The van der Waals surface area contributed by atoms with Gasteiger partial charge in [-0.15, -0.1) is 0 Å². The number of benzene rings is 6. The van der Waals surface area contributed by atoms with Crippen LogP contribution in [0, 0.1) is 0 Å². The molecular weight excluding hydrogens is 861 g/mol. The Balaban J connectivity index is 0.000000235. The van der Waals surface area contributed by atoms with E-state index in [1.165, 1.54) is 11.1 Å². The topological polar surface area (TPSA) is 170 Å². The summed E-state index contributed by atoms with van der Waals surface area (Å²) in [5.74, 6) is -0.681. The van der Waals surface area contributed by atoms with Crippen molar-refractivity contribution in [3.63, 3.8) is 0 Å². The highest BCUT2D eigenvalue weighted by Crippen LogP contribution is 2.44. The van der Waals surface area contributed by atoms with Crippen molar-refractivity contribution in [3.8, 4) is 44.9 Å². The number of aliphatic carboxylic acids is 2. The molecule has 6 aromatic carbocycles. The Kier molecular flexibility index (Phi) is 16.7. The number of nitrogens with one attached hydrogen (secondary N) is 2. The number of carboxylic acid groups (broad SMARTS) is 2. The highest BCUT2D eigenvalue weighted by Gasteiger charge is 2.30.